The number of amides is 1. The largest absolute Gasteiger partial charge is 0.508 e. The van der Waals surface area contributed by atoms with Gasteiger partial charge in [0.15, 0.2) is 0 Å². The van der Waals surface area contributed by atoms with E-state index in [1.807, 2.05) is 13.0 Å². The maximum Gasteiger partial charge on any atom is 0.234 e. The van der Waals surface area contributed by atoms with Crippen molar-refractivity contribution in [1.29, 1.82) is 0 Å². The number of carbonyl (C=O) groups excluding carboxylic acids is 1. The molecule has 0 aromatic heterocycles. The summed E-state index contributed by atoms with van der Waals surface area (Å²) in [5.41, 5.74) is 0.888. The van der Waals surface area contributed by atoms with E-state index < -0.39 is 0 Å². The van der Waals surface area contributed by atoms with Gasteiger partial charge in [-0.1, -0.05) is 12.1 Å². The van der Waals surface area contributed by atoms with Crippen LogP contribution in [0, 0.1) is 0 Å². The van der Waals surface area contributed by atoms with Gasteiger partial charge in [0.25, 0.3) is 0 Å². The van der Waals surface area contributed by atoms with E-state index in [1.54, 1.807) is 25.2 Å². The third-order valence-electron chi connectivity index (χ3n) is 2.09. The Morgan fingerprint density at radius 2 is 2.19 bits per heavy atom. The summed E-state index contributed by atoms with van der Waals surface area (Å²) >= 11 is 0. The van der Waals surface area contributed by atoms with Crippen LogP contribution >= 0.6 is 12.4 Å². The molecule has 0 saturated carbocycles. The number of aromatic hydroxyl groups is 1. The fourth-order valence-corrected chi connectivity index (χ4v) is 1.33. The standard InChI is InChI=1S/C11H16N2O2.ClH/c1-8(13-11(15)7-12-2)9-4-3-5-10(14)6-9;/h3-6,8,12,14H,7H2,1-2H3,(H,13,15);1H. The first-order valence-electron chi connectivity index (χ1n) is 4.86. The highest BCUT2D eigenvalue weighted by molar-refractivity contribution is 5.85. The molecule has 1 atom stereocenters. The molecule has 0 heterocycles. The van der Waals surface area contributed by atoms with Crippen LogP contribution in [-0.4, -0.2) is 24.6 Å². The summed E-state index contributed by atoms with van der Waals surface area (Å²) < 4.78 is 0. The van der Waals surface area contributed by atoms with E-state index in [9.17, 15) is 9.90 Å². The first-order chi connectivity index (χ1) is 7.13. The van der Waals surface area contributed by atoms with Crippen molar-refractivity contribution in [1.82, 2.24) is 10.6 Å². The molecule has 16 heavy (non-hydrogen) atoms. The van der Waals surface area contributed by atoms with Crippen molar-refractivity contribution in [2.45, 2.75) is 13.0 Å². The van der Waals surface area contributed by atoms with E-state index in [-0.39, 0.29) is 30.1 Å². The van der Waals surface area contributed by atoms with Crippen LogP contribution < -0.4 is 10.6 Å². The zero-order valence-corrected chi connectivity index (χ0v) is 10.2. The molecule has 0 spiro atoms. The van der Waals surface area contributed by atoms with Crippen LogP contribution in [-0.2, 0) is 4.79 Å². The van der Waals surface area contributed by atoms with Crippen molar-refractivity contribution in [3.05, 3.63) is 29.8 Å². The molecule has 0 saturated heterocycles. The minimum absolute atomic E-state index is 0. The molecule has 0 aliphatic rings. The molecule has 90 valence electrons. The van der Waals surface area contributed by atoms with Gasteiger partial charge in [0.2, 0.25) is 5.91 Å². The predicted octanol–water partition coefficient (Wildman–Crippen LogP) is 1.21. The highest BCUT2D eigenvalue weighted by atomic mass is 35.5. The Kier molecular flexibility index (Phi) is 6.53. The van der Waals surface area contributed by atoms with Crippen LogP contribution in [0.5, 0.6) is 5.75 Å². The third kappa shape index (κ3) is 4.51. The molecule has 1 unspecified atom stereocenters. The fraction of sp³-hybridized carbons (Fsp3) is 0.364. The predicted molar refractivity (Wildman–Crippen MR) is 65.8 cm³/mol. The van der Waals surface area contributed by atoms with Gasteiger partial charge < -0.3 is 15.7 Å². The molecule has 3 N–H and O–H groups in total. The third-order valence-corrected chi connectivity index (χ3v) is 2.09. The van der Waals surface area contributed by atoms with Crippen LogP contribution in [0.15, 0.2) is 24.3 Å². The molecule has 0 bridgehead atoms. The van der Waals surface area contributed by atoms with E-state index in [4.69, 9.17) is 0 Å². The Hall–Kier alpha value is -1.26. The van der Waals surface area contributed by atoms with Gasteiger partial charge in [-0.3, -0.25) is 4.79 Å². The Morgan fingerprint density at radius 3 is 2.75 bits per heavy atom. The number of halogens is 1. The van der Waals surface area contributed by atoms with Crippen molar-refractivity contribution < 1.29 is 9.90 Å². The number of phenolic OH excluding ortho intramolecular Hbond substituents is 1. The van der Waals surface area contributed by atoms with Gasteiger partial charge >= 0.3 is 0 Å². The number of nitrogens with one attached hydrogen (secondary N) is 2. The van der Waals surface area contributed by atoms with Crippen LogP contribution in [0.1, 0.15) is 18.5 Å². The molecule has 5 heteroatoms. The summed E-state index contributed by atoms with van der Waals surface area (Å²) in [6, 6.07) is 6.77. The summed E-state index contributed by atoms with van der Waals surface area (Å²) in [5, 5.41) is 14.9. The molecule has 0 radical (unpaired) electrons. The second kappa shape index (κ2) is 7.09. The molecular formula is C11H17ClN2O2. The zero-order valence-electron chi connectivity index (χ0n) is 9.36. The van der Waals surface area contributed by atoms with Gasteiger partial charge in [-0.15, -0.1) is 12.4 Å². The molecule has 0 aliphatic carbocycles. The average molecular weight is 245 g/mol. The van der Waals surface area contributed by atoms with Crippen LogP contribution in [0.4, 0.5) is 0 Å². The number of rotatable bonds is 4. The molecule has 1 aromatic carbocycles. The van der Waals surface area contributed by atoms with Crippen molar-refractivity contribution >= 4 is 18.3 Å². The lowest BCUT2D eigenvalue weighted by Gasteiger charge is -2.14. The van der Waals surface area contributed by atoms with Crippen LogP contribution in [0.25, 0.3) is 0 Å². The second-order valence-corrected chi connectivity index (χ2v) is 3.41. The van der Waals surface area contributed by atoms with Gasteiger partial charge in [-0.25, -0.2) is 0 Å². The van der Waals surface area contributed by atoms with Gasteiger partial charge in [0, 0.05) is 0 Å². The highest BCUT2D eigenvalue weighted by Gasteiger charge is 2.08. The van der Waals surface area contributed by atoms with E-state index >= 15 is 0 Å². The first-order valence-corrected chi connectivity index (χ1v) is 4.86. The van der Waals surface area contributed by atoms with E-state index in [1.165, 1.54) is 0 Å². The maximum atomic E-state index is 11.3. The summed E-state index contributed by atoms with van der Waals surface area (Å²) in [6.45, 7) is 2.17. The van der Waals surface area contributed by atoms with E-state index in [0.29, 0.717) is 6.54 Å². The Balaban J connectivity index is 0.00000225. The summed E-state index contributed by atoms with van der Waals surface area (Å²) in [6.07, 6.45) is 0. The lowest BCUT2D eigenvalue weighted by Crippen LogP contribution is -2.33. The summed E-state index contributed by atoms with van der Waals surface area (Å²) in [7, 11) is 1.72. The molecule has 0 fully saturated rings. The van der Waals surface area contributed by atoms with Crippen LogP contribution in [0.3, 0.4) is 0 Å². The number of phenols is 1. The Morgan fingerprint density at radius 1 is 1.50 bits per heavy atom. The van der Waals surface area contributed by atoms with Crippen molar-refractivity contribution in [3.63, 3.8) is 0 Å². The van der Waals surface area contributed by atoms with Gasteiger partial charge in [0.1, 0.15) is 5.75 Å². The smallest absolute Gasteiger partial charge is 0.234 e. The number of hydrogen-bond acceptors (Lipinski definition) is 3. The Bertz CT molecular complexity index is 345. The zero-order chi connectivity index (χ0) is 11.3. The minimum Gasteiger partial charge on any atom is -0.508 e. The lowest BCUT2D eigenvalue weighted by atomic mass is 10.1. The molecular weight excluding hydrogens is 228 g/mol. The van der Waals surface area contributed by atoms with E-state index in [0.717, 1.165) is 5.56 Å². The maximum absolute atomic E-state index is 11.3. The molecule has 0 aliphatic heterocycles. The van der Waals surface area contributed by atoms with Crippen LogP contribution in [0.2, 0.25) is 0 Å². The Labute approximate surface area is 101 Å². The normalized spacial score (nSPS) is 11.4. The summed E-state index contributed by atoms with van der Waals surface area (Å²) in [5.74, 6) is 0.149. The highest BCUT2D eigenvalue weighted by Crippen LogP contribution is 2.17. The number of benzene rings is 1. The second-order valence-electron chi connectivity index (χ2n) is 3.41. The first kappa shape index (κ1) is 14.7. The molecule has 1 amide bonds. The average Bonchev–Trinajstić information content (AvgIpc) is 2.18. The van der Waals surface area contributed by atoms with Gasteiger partial charge in [-0.2, -0.15) is 0 Å². The minimum atomic E-state index is -0.0991. The van der Waals surface area contributed by atoms with Crippen molar-refractivity contribution in [3.8, 4) is 5.75 Å². The van der Waals surface area contributed by atoms with E-state index in [2.05, 4.69) is 10.6 Å². The monoisotopic (exact) mass is 244 g/mol. The van der Waals surface area contributed by atoms with Gasteiger partial charge in [-0.05, 0) is 31.7 Å². The molecule has 1 rings (SSSR count). The fourth-order valence-electron chi connectivity index (χ4n) is 1.33. The quantitative estimate of drug-likeness (QED) is 0.746. The summed E-state index contributed by atoms with van der Waals surface area (Å²) in [4.78, 5) is 11.3. The lowest BCUT2D eigenvalue weighted by molar-refractivity contribution is -0.120. The topological polar surface area (TPSA) is 61.4 Å². The molecule has 1 aromatic rings. The SMILES string of the molecule is CNCC(=O)NC(C)c1cccc(O)c1.Cl. The van der Waals surface area contributed by atoms with Crippen molar-refractivity contribution in [2.24, 2.45) is 0 Å². The number of likely N-dealkylation sites (N-methyl/N-ethyl adjacent to an activating group) is 1. The van der Waals surface area contributed by atoms with Gasteiger partial charge in [0.05, 0.1) is 12.6 Å². The number of carbonyl (C=O) groups is 1. The molecule has 4 nitrogen and oxygen atoms in total. The van der Waals surface area contributed by atoms with Crippen molar-refractivity contribution in [2.75, 3.05) is 13.6 Å². The number of hydrogen-bond donors (Lipinski definition) is 3.